The van der Waals surface area contributed by atoms with Gasteiger partial charge in [-0.15, -0.1) is 0 Å². The molecule has 2 aromatic carbocycles. The molecule has 0 spiro atoms. The Morgan fingerprint density at radius 3 is 2.30 bits per heavy atom. The predicted octanol–water partition coefficient (Wildman–Crippen LogP) is 5.76. The molecular weight excluding hydrogens is 334 g/mol. The average Bonchev–Trinajstić information content (AvgIpc) is 2.67. The summed E-state index contributed by atoms with van der Waals surface area (Å²) in [4.78, 5) is 14.4. The first-order valence-corrected chi connectivity index (χ1v) is 9.07. The van der Waals surface area contributed by atoms with E-state index in [-0.39, 0.29) is 5.41 Å². The number of para-hydroxylation sites is 1. The Labute approximate surface area is 157 Å². The van der Waals surface area contributed by atoms with Gasteiger partial charge in [0.2, 0.25) is 5.88 Å². The first-order valence-electron chi connectivity index (χ1n) is 9.07. The molecule has 0 radical (unpaired) electrons. The van der Waals surface area contributed by atoms with Crippen LogP contribution in [0, 0.1) is 0 Å². The Morgan fingerprint density at radius 2 is 1.52 bits per heavy atom. The van der Waals surface area contributed by atoms with Crippen LogP contribution in [0.4, 0.5) is 0 Å². The smallest absolute Gasteiger partial charge is 0.232 e. The molecule has 0 unspecified atom stereocenters. The van der Waals surface area contributed by atoms with Crippen molar-refractivity contribution in [2.24, 2.45) is 0 Å². The van der Waals surface area contributed by atoms with Crippen molar-refractivity contribution in [1.29, 1.82) is 0 Å². The predicted molar refractivity (Wildman–Crippen MR) is 107 cm³/mol. The van der Waals surface area contributed by atoms with E-state index >= 15 is 0 Å². The van der Waals surface area contributed by atoms with Crippen molar-refractivity contribution in [3.63, 3.8) is 0 Å². The van der Waals surface area contributed by atoms with Gasteiger partial charge in [-0.1, -0.05) is 69.3 Å². The normalized spacial score (nSPS) is 12.6. The van der Waals surface area contributed by atoms with Gasteiger partial charge in [-0.2, -0.15) is 4.98 Å². The highest BCUT2D eigenvalue weighted by atomic mass is 16.5. The Hall–Kier alpha value is -3.27. The lowest BCUT2D eigenvalue weighted by Crippen LogP contribution is -2.17. The van der Waals surface area contributed by atoms with Crippen LogP contribution < -0.4 is 4.74 Å². The number of rotatable bonds is 1. The summed E-state index contributed by atoms with van der Waals surface area (Å²) in [6, 6.07) is 20.4. The highest BCUT2D eigenvalue weighted by Gasteiger charge is 2.27. The number of hydrogen-bond donors (Lipinski definition) is 0. The SMILES string of the molecule is CC(C)(C)c1nc2c3c(cc(-c4ccccc4)nc3n1)-c1ccccc1O2. The largest absolute Gasteiger partial charge is 0.437 e. The monoisotopic (exact) mass is 353 g/mol. The Bertz CT molecular complexity index is 1180. The molecule has 4 heteroatoms. The molecule has 3 heterocycles. The Morgan fingerprint density at radius 1 is 0.778 bits per heavy atom. The van der Waals surface area contributed by atoms with Crippen LogP contribution >= 0.6 is 0 Å². The van der Waals surface area contributed by atoms with Gasteiger partial charge in [0.25, 0.3) is 0 Å². The molecule has 0 amide bonds. The lowest BCUT2D eigenvalue weighted by molar-refractivity contribution is 0.451. The van der Waals surface area contributed by atoms with E-state index in [1.807, 2.05) is 36.4 Å². The van der Waals surface area contributed by atoms with E-state index in [1.165, 1.54) is 0 Å². The van der Waals surface area contributed by atoms with Crippen LogP contribution in [-0.2, 0) is 5.41 Å². The second-order valence-corrected chi connectivity index (χ2v) is 7.82. The van der Waals surface area contributed by atoms with E-state index in [2.05, 4.69) is 45.0 Å². The molecule has 0 atom stereocenters. The second kappa shape index (κ2) is 5.61. The Balaban J connectivity index is 1.88. The van der Waals surface area contributed by atoms with Gasteiger partial charge < -0.3 is 4.74 Å². The molecule has 27 heavy (non-hydrogen) atoms. The first kappa shape index (κ1) is 15.9. The summed E-state index contributed by atoms with van der Waals surface area (Å²) in [5, 5.41) is 0.876. The van der Waals surface area contributed by atoms with Gasteiger partial charge in [0.05, 0.1) is 11.1 Å². The standard InChI is InChI=1S/C23H19N3O/c1-23(2,3)22-25-20-19-16(13-17(24-20)14-9-5-4-6-10-14)15-11-7-8-12-18(15)27-21(19)26-22/h4-13H,1-3H3. The molecule has 1 aliphatic rings. The third-order valence-corrected chi connectivity index (χ3v) is 4.76. The molecule has 0 saturated carbocycles. The molecule has 0 fully saturated rings. The summed E-state index contributed by atoms with van der Waals surface area (Å²) in [7, 11) is 0. The zero-order valence-corrected chi connectivity index (χ0v) is 15.5. The minimum Gasteiger partial charge on any atom is -0.437 e. The molecule has 4 nitrogen and oxygen atoms in total. The van der Waals surface area contributed by atoms with E-state index < -0.39 is 0 Å². The van der Waals surface area contributed by atoms with Crippen molar-refractivity contribution in [2.45, 2.75) is 26.2 Å². The molecule has 0 saturated heterocycles. The second-order valence-electron chi connectivity index (χ2n) is 7.82. The van der Waals surface area contributed by atoms with Crippen molar-refractivity contribution in [3.05, 3.63) is 66.5 Å². The van der Waals surface area contributed by atoms with Gasteiger partial charge in [-0.05, 0) is 12.1 Å². The summed E-state index contributed by atoms with van der Waals surface area (Å²) in [5.74, 6) is 2.13. The fourth-order valence-electron chi connectivity index (χ4n) is 3.36. The fraction of sp³-hybridized carbons (Fsp3) is 0.174. The van der Waals surface area contributed by atoms with Gasteiger partial charge >= 0.3 is 0 Å². The Kier molecular flexibility index (Phi) is 3.31. The van der Waals surface area contributed by atoms with Crippen LogP contribution in [0.2, 0.25) is 0 Å². The zero-order valence-electron chi connectivity index (χ0n) is 15.5. The van der Waals surface area contributed by atoms with Crippen molar-refractivity contribution in [3.8, 4) is 34.0 Å². The number of benzene rings is 2. The van der Waals surface area contributed by atoms with Crippen LogP contribution in [-0.4, -0.2) is 15.0 Å². The molecule has 132 valence electrons. The summed E-state index contributed by atoms with van der Waals surface area (Å²) in [5.41, 5.74) is 4.56. The van der Waals surface area contributed by atoms with Crippen LogP contribution in [0.5, 0.6) is 11.6 Å². The topological polar surface area (TPSA) is 47.9 Å². The summed E-state index contributed by atoms with van der Waals surface area (Å²) < 4.78 is 6.14. The summed E-state index contributed by atoms with van der Waals surface area (Å²) >= 11 is 0. The average molecular weight is 353 g/mol. The molecular formula is C23H19N3O. The van der Waals surface area contributed by atoms with Gasteiger partial charge in [-0.3, -0.25) is 0 Å². The van der Waals surface area contributed by atoms with Crippen molar-refractivity contribution >= 4 is 11.0 Å². The number of nitrogens with zero attached hydrogens (tertiary/aromatic N) is 3. The molecule has 1 aliphatic heterocycles. The third-order valence-electron chi connectivity index (χ3n) is 4.76. The number of ether oxygens (including phenoxy) is 1. The van der Waals surface area contributed by atoms with Gasteiger partial charge in [0, 0.05) is 22.1 Å². The van der Waals surface area contributed by atoms with E-state index in [0.717, 1.165) is 39.3 Å². The lowest BCUT2D eigenvalue weighted by Gasteiger charge is -2.23. The molecule has 4 aromatic rings. The molecule has 5 rings (SSSR count). The highest BCUT2D eigenvalue weighted by molar-refractivity contribution is 6.01. The minimum absolute atomic E-state index is 0.199. The van der Waals surface area contributed by atoms with Crippen molar-refractivity contribution < 1.29 is 4.74 Å². The number of hydrogen-bond acceptors (Lipinski definition) is 4. The van der Waals surface area contributed by atoms with Crippen LogP contribution in [0.15, 0.2) is 60.7 Å². The fourth-order valence-corrected chi connectivity index (χ4v) is 3.36. The number of pyridine rings is 1. The van der Waals surface area contributed by atoms with Crippen LogP contribution in [0.25, 0.3) is 33.4 Å². The molecule has 0 aliphatic carbocycles. The molecule has 2 aromatic heterocycles. The maximum absolute atomic E-state index is 6.14. The number of fused-ring (bicyclic) bond motifs is 2. The summed E-state index contributed by atoms with van der Waals surface area (Å²) in [6.45, 7) is 6.29. The first-order chi connectivity index (χ1) is 13.0. The minimum atomic E-state index is -0.199. The number of aromatic nitrogens is 3. The zero-order chi connectivity index (χ0) is 18.6. The summed E-state index contributed by atoms with van der Waals surface area (Å²) in [6.07, 6.45) is 0. The van der Waals surface area contributed by atoms with E-state index in [9.17, 15) is 0 Å². The lowest BCUT2D eigenvalue weighted by atomic mass is 9.94. The van der Waals surface area contributed by atoms with E-state index in [1.54, 1.807) is 0 Å². The maximum Gasteiger partial charge on any atom is 0.232 e. The molecule has 0 N–H and O–H groups in total. The maximum atomic E-state index is 6.14. The van der Waals surface area contributed by atoms with Gasteiger partial charge in [-0.25, -0.2) is 9.97 Å². The van der Waals surface area contributed by atoms with E-state index in [0.29, 0.717) is 11.5 Å². The van der Waals surface area contributed by atoms with Crippen LogP contribution in [0.1, 0.15) is 26.6 Å². The van der Waals surface area contributed by atoms with Crippen LogP contribution in [0.3, 0.4) is 0 Å². The van der Waals surface area contributed by atoms with Gasteiger partial charge in [0.15, 0.2) is 5.65 Å². The molecule has 0 bridgehead atoms. The van der Waals surface area contributed by atoms with Crippen molar-refractivity contribution in [1.82, 2.24) is 15.0 Å². The van der Waals surface area contributed by atoms with Crippen molar-refractivity contribution in [2.75, 3.05) is 0 Å². The highest BCUT2D eigenvalue weighted by Crippen LogP contribution is 2.46. The third kappa shape index (κ3) is 2.56. The van der Waals surface area contributed by atoms with E-state index in [4.69, 9.17) is 19.7 Å². The quantitative estimate of drug-likeness (QED) is 0.384. The van der Waals surface area contributed by atoms with Gasteiger partial charge in [0.1, 0.15) is 11.6 Å².